The van der Waals surface area contributed by atoms with Crippen LogP contribution in [0.25, 0.3) is 0 Å². The van der Waals surface area contributed by atoms with E-state index in [1.165, 1.54) is 6.07 Å². The van der Waals surface area contributed by atoms with Gasteiger partial charge in [0, 0.05) is 18.5 Å². The molecular formula is C15H16N2O3. The van der Waals surface area contributed by atoms with E-state index in [4.69, 9.17) is 10.5 Å². The lowest BCUT2D eigenvalue weighted by atomic mass is 10.1. The van der Waals surface area contributed by atoms with Gasteiger partial charge in [-0.15, -0.1) is 0 Å². The highest BCUT2D eigenvalue weighted by molar-refractivity contribution is 5.96. The van der Waals surface area contributed by atoms with Crippen LogP contribution in [0.5, 0.6) is 0 Å². The molecule has 5 heteroatoms. The van der Waals surface area contributed by atoms with Gasteiger partial charge in [0.1, 0.15) is 0 Å². The fourth-order valence-electron chi connectivity index (χ4n) is 1.91. The topological polar surface area (TPSA) is 84.6 Å². The number of aromatic carboxylic acids is 1. The fourth-order valence-corrected chi connectivity index (χ4v) is 1.91. The molecular weight excluding hydrogens is 256 g/mol. The van der Waals surface area contributed by atoms with Gasteiger partial charge in [-0.25, -0.2) is 4.79 Å². The number of nitrogens with two attached hydrogens (primary N) is 1. The highest BCUT2D eigenvalue weighted by Crippen LogP contribution is 2.24. The average molecular weight is 272 g/mol. The molecule has 0 saturated carbocycles. The molecule has 4 N–H and O–H groups in total. The number of nitrogens with one attached hydrogen (secondary N) is 1. The van der Waals surface area contributed by atoms with E-state index in [9.17, 15) is 9.90 Å². The number of anilines is 3. The van der Waals surface area contributed by atoms with Crippen molar-refractivity contribution in [3.8, 4) is 0 Å². The molecule has 0 radical (unpaired) electrons. The first-order valence-electron chi connectivity index (χ1n) is 6.08. The molecule has 0 aliphatic carbocycles. The summed E-state index contributed by atoms with van der Waals surface area (Å²) in [7, 11) is 1.63. The number of rotatable bonds is 5. The summed E-state index contributed by atoms with van der Waals surface area (Å²) in [5, 5.41) is 12.2. The number of ether oxygens (including phenoxy) is 1. The summed E-state index contributed by atoms with van der Waals surface area (Å²) in [5.41, 5.74) is 8.64. The average Bonchev–Trinajstić information content (AvgIpc) is 2.39. The maximum Gasteiger partial charge on any atom is 0.337 e. The van der Waals surface area contributed by atoms with Gasteiger partial charge in [0.15, 0.2) is 0 Å². The third kappa shape index (κ3) is 3.27. The summed E-state index contributed by atoms with van der Waals surface area (Å²) in [6.45, 7) is 0.498. The van der Waals surface area contributed by atoms with Gasteiger partial charge in [-0.2, -0.15) is 0 Å². The predicted octanol–water partition coefficient (Wildman–Crippen LogP) is 2.86. The summed E-state index contributed by atoms with van der Waals surface area (Å²) in [4.78, 5) is 11.2. The molecule has 0 fully saturated rings. The van der Waals surface area contributed by atoms with Crippen LogP contribution in [0.2, 0.25) is 0 Å². The third-order valence-electron chi connectivity index (χ3n) is 2.79. The van der Waals surface area contributed by atoms with Gasteiger partial charge in [-0.1, -0.05) is 12.1 Å². The van der Waals surface area contributed by atoms with Crippen LogP contribution < -0.4 is 11.1 Å². The normalized spacial score (nSPS) is 10.2. The van der Waals surface area contributed by atoms with Crippen LogP contribution in [0.1, 0.15) is 15.9 Å². The molecule has 2 aromatic carbocycles. The zero-order valence-corrected chi connectivity index (χ0v) is 11.1. The van der Waals surface area contributed by atoms with Crippen LogP contribution in [0.4, 0.5) is 17.1 Å². The van der Waals surface area contributed by atoms with Gasteiger partial charge >= 0.3 is 5.97 Å². The van der Waals surface area contributed by atoms with Crippen molar-refractivity contribution in [3.63, 3.8) is 0 Å². The first-order chi connectivity index (χ1) is 9.60. The van der Waals surface area contributed by atoms with Gasteiger partial charge in [0.05, 0.1) is 17.9 Å². The second kappa shape index (κ2) is 6.08. The molecule has 0 bridgehead atoms. The molecule has 0 spiro atoms. The van der Waals surface area contributed by atoms with E-state index in [2.05, 4.69) is 5.32 Å². The molecule has 0 aliphatic rings. The molecule has 0 heterocycles. The van der Waals surface area contributed by atoms with Crippen molar-refractivity contribution in [2.24, 2.45) is 0 Å². The molecule has 2 aromatic rings. The van der Waals surface area contributed by atoms with Gasteiger partial charge in [0.25, 0.3) is 0 Å². The SMILES string of the molecule is COCc1cccc(Nc2cc(N)ccc2C(=O)O)c1. The van der Waals surface area contributed by atoms with Crippen LogP contribution in [0.3, 0.4) is 0 Å². The first kappa shape index (κ1) is 13.9. The molecule has 0 saturated heterocycles. The van der Waals surface area contributed by atoms with Crippen molar-refractivity contribution in [1.29, 1.82) is 0 Å². The molecule has 104 valence electrons. The quantitative estimate of drug-likeness (QED) is 0.729. The molecule has 0 atom stereocenters. The molecule has 0 unspecified atom stereocenters. The maximum absolute atomic E-state index is 11.2. The van der Waals surface area contributed by atoms with Crippen LogP contribution in [0, 0.1) is 0 Å². The number of methoxy groups -OCH3 is 1. The number of benzene rings is 2. The number of carboxylic acids is 1. The lowest BCUT2D eigenvalue weighted by molar-refractivity contribution is 0.0698. The Kier molecular flexibility index (Phi) is 4.22. The van der Waals surface area contributed by atoms with E-state index in [1.54, 1.807) is 19.2 Å². The number of carbonyl (C=O) groups is 1. The predicted molar refractivity (Wildman–Crippen MR) is 78.3 cm³/mol. The van der Waals surface area contributed by atoms with Gasteiger partial charge in [0.2, 0.25) is 0 Å². The molecule has 0 amide bonds. The monoisotopic (exact) mass is 272 g/mol. The molecule has 2 rings (SSSR count). The van der Waals surface area contributed by atoms with Crippen molar-refractivity contribution in [2.75, 3.05) is 18.2 Å². The Bertz CT molecular complexity index is 626. The van der Waals surface area contributed by atoms with Crippen molar-refractivity contribution < 1.29 is 14.6 Å². The van der Waals surface area contributed by atoms with Gasteiger partial charge in [-0.05, 0) is 35.9 Å². The summed E-state index contributed by atoms with van der Waals surface area (Å²) in [6.07, 6.45) is 0. The maximum atomic E-state index is 11.2. The lowest BCUT2D eigenvalue weighted by Crippen LogP contribution is -2.04. The van der Waals surface area contributed by atoms with E-state index in [0.29, 0.717) is 18.0 Å². The molecule has 20 heavy (non-hydrogen) atoms. The van der Waals surface area contributed by atoms with Crippen LogP contribution in [-0.2, 0) is 11.3 Å². The van der Waals surface area contributed by atoms with Crippen molar-refractivity contribution >= 4 is 23.0 Å². The minimum Gasteiger partial charge on any atom is -0.478 e. The second-order valence-corrected chi connectivity index (χ2v) is 4.37. The second-order valence-electron chi connectivity index (χ2n) is 4.37. The smallest absolute Gasteiger partial charge is 0.337 e. The summed E-state index contributed by atoms with van der Waals surface area (Å²) in [5.74, 6) is -0.999. The van der Waals surface area contributed by atoms with Crippen molar-refractivity contribution in [2.45, 2.75) is 6.61 Å². The largest absolute Gasteiger partial charge is 0.478 e. The fraction of sp³-hybridized carbons (Fsp3) is 0.133. The third-order valence-corrected chi connectivity index (χ3v) is 2.79. The van der Waals surface area contributed by atoms with Gasteiger partial charge < -0.3 is 20.9 Å². The Morgan fingerprint density at radius 3 is 2.80 bits per heavy atom. The summed E-state index contributed by atoms with van der Waals surface area (Å²) < 4.78 is 5.07. The van der Waals surface area contributed by atoms with Crippen LogP contribution >= 0.6 is 0 Å². The number of nitrogen functional groups attached to an aromatic ring is 1. The van der Waals surface area contributed by atoms with E-state index in [0.717, 1.165) is 11.3 Å². The van der Waals surface area contributed by atoms with Crippen LogP contribution in [0.15, 0.2) is 42.5 Å². The minimum absolute atomic E-state index is 0.177. The zero-order chi connectivity index (χ0) is 14.5. The number of hydrogen-bond donors (Lipinski definition) is 3. The summed E-state index contributed by atoms with van der Waals surface area (Å²) in [6, 6.07) is 12.2. The Balaban J connectivity index is 2.31. The Morgan fingerprint density at radius 2 is 2.10 bits per heavy atom. The molecule has 0 aromatic heterocycles. The summed E-state index contributed by atoms with van der Waals surface area (Å²) >= 11 is 0. The lowest BCUT2D eigenvalue weighted by Gasteiger charge is -2.11. The zero-order valence-electron chi connectivity index (χ0n) is 11.1. The highest BCUT2D eigenvalue weighted by atomic mass is 16.5. The van der Waals surface area contributed by atoms with Crippen molar-refractivity contribution in [3.05, 3.63) is 53.6 Å². The Labute approximate surface area is 117 Å². The van der Waals surface area contributed by atoms with E-state index >= 15 is 0 Å². The minimum atomic E-state index is -0.999. The Morgan fingerprint density at radius 1 is 1.30 bits per heavy atom. The molecule has 0 aliphatic heterocycles. The number of hydrogen-bond acceptors (Lipinski definition) is 4. The Hall–Kier alpha value is -2.53. The number of carboxylic acid groups (broad SMARTS) is 1. The first-order valence-corrected chi connectivity index (χ1v) is 6.08. The standard InChI is InChI=1S/C15H16N2O3/c1-20-9-10-3-2-4-12(7-10)17-14-8-11(16)5-6-13(14)15(18)19/h2-8,17H,9,16H2,1H3,(H,18,19). The highest BCUT2D eigenvalue weighted by Gasteiger charge is 2.10. The van der Waals surface area contributed by atoms with E-state index in [-0.39, 0.29) is 5.56 Å². The van der Waals surface area contributed by atoms with E-state index < -0.39 is 5.97 Å². The molecule has 5 nitrogen and oxygen atoms in total. The van der Waals surface area contributed by atoms with Crippen LogP contribution in [-0.4, -0.2) is 18.2 Å². The van der Waals surface area contributed by atoms with Crippen molar-refractivity contribution in [1.82, 2.24) is 0 Å². The van der Waals surface area contributed by atoms with Gasteiger partial charge in [-0.3, -0.25) is 0 Å². The van der Waals surface area contributed by atoms with E-state index in [1.807, 2.05) is 24.3 Å².